The Morgan fingerprint density at radius 3 is 2.71 bits per heavy atom. The van der Waals surface area contributed by atoms with Crippen LogP contribution >= 0.6 is 0 Å². The van der Waals surface area contributed by atoms with E-state index >= 15 is 0 Å². The van der Waals surface area contributed by atoms with E-state index in [-0.39, 0.29) is 24.5 Å². The van der Waals surface area contributed by atoms with Gasteiger partial charge < -0.3 is 10.8 Å². The van der Waals surface area contributed by atoms with Gasteiger partial charge in [-0.15, -0.1) is 5.10 Å². The van der Waals surface area contributed by atoms with E-state index in [4.69, 9.17) is 15.6 Å². The number of nitrogens with one attached hydrogen (secondary N) is 1. The summed E-state index contributed by atoms with van der Waals surface area (Å²) in [7, 11) is 0. The fourth-order valence-corrected chi connectivity index (χ4v) is 2.80. The van der Waals surface area contributed by atoms with E-state index in [1.807, 2.05) is 19.1 Å². The van der Waals surface area contributed by atoms with Crippen LogP contribution in [0.5, 0.6) is 0 Å². The van der Waals surface area contributed by atoms with Crippen molar-refractivity contribution < 1.29 is 19.1 Å². The number of aryl methyl sites for hydroxylation is 1. The predicted molar refractivity (Wildman–Crippen MR) is 108 cm³/mol. The third kappa shape index (κ3) is 4.96. The van der Waals surface area contributed by atoms with Gasteiger partial charge in [-0.05, 0) is 42.8 Å². The minimum absolute atomic E-state index is 0.111. The smallest absolute Gasteiger partial charge is 0.290 e. The van der Waals surface area contributed by atoms with Crippen LogP contribution in [-0.4, -0.2) is 47.4 Å². The van der Waals surface area contributed by atoms with Crippen molar-refractivity contribution in [3.05, 3.63) is 65.9 Å². The number of H-pyrrole nitrogens is 1. The number of nitrogens with two attached hydrogens (primary N) is 1. The number of rotatable bonds is 5. The van der Waals surface area contributed by atoms with E-state index in [1.165, 1.54) is 10.7 Å². The second-order valence-corrected chi connectivity index (χ2v) is 6.35. The zero-order valence-corrected chi connectivity index (χ0v) is 16.4. The van der Waals surface area contributed by atoms with Gasteiger partial charge in [0.1, 0.15) is 11.5 Å². The molecule has 10 nitrogen and oxygen atoms in total. The van der Waals surface area contributed by atoms with Crippen LogP contribution in [0.15, 0.2) is 48.7 Å². The molecule has 31 heavy (non-hydrogen) atoms. The number of carboxylic acid groups (broad SMARTS) is 1. The van der Waals surface area contributed by atoms with Crippen molar-refractivity contribution in [2.24, 2.45) is 5.73 Å². The van der Waals surface area contributed by atoms with Crippen molar-refractivity contribution in [3.8, 4) is 28.6 Å². The molecule has 3 aromatic heterocycles. The minimum atomic E-state index is -0.544. The van der Waals surface area contributed by atoms with Gasteiger partial charge in [0, 0.05) is 11.8 Å². The molecule has 1 amide bonds. The number of hydrogen-bond acceptors (Lipinski definition) is 6. The van der Waals surface area contributed by atoms with E-state index in [1.54, 1.807) is 30.5 Å². The largest absolute Gasteiger partial charge is 0.483 e. The maximum Gasteiger partial charge on any atom is 0.290 e. The van der Waals surface area contributed by atoms with Crippen molar-refractivity contribution in [1.29, 1.82) is 0 Å². The number of carbonyl (C=O) groups excluding carboxylic acids is 1. The topological polar surface area (TPSA) is 153 Å². The van der Waals surface area contributed by atoms with Gasteiger partial charge in [-0.1, -0.05) is 12.1 Å². The Kier molecular flexibility index (Phi) is 6.45. The van der Waals surface area contributed by atoms with E-state index in [0.717, 1.165) is 5.56 Å². The lowest BCUT2D eigenvalue weighted by atomic mass is 10.1. The lowest BCUT2D eigenvalue weighted by Crippen LogP contribution is -2.14. The molecule has 11 heteroatoms. The molecule has 0 saturated heterocycles. The molecule has 4 aromatic rings. The lowest BCUT2D eigenvalue weighted by molar-refractivity contribution is -0.123. The third-order valence-corrected chi connectivity index (χ3v) is 4.07. The molecule has 0 aliphatic heterocycles. The first-order valence-electron chi connectivity index (χ1n) is 8.98. The number of pyridine rings is 1. The Hall–Kier alpha value is -4.41. The number of aromatic amines is 1. The SMILES string of the molecule is Cc1ccnc(-n2nc(CC(N)=O)nc2-c2cc(-c3ccccc3F)n[nH]2)c1.O=CO. The molecule has 4 rings (SSSR count). The van der Waals surface area contributed by atoms with Gasteiger partial charge in [-0.3, -0.25) is 14.7 Å². The van der Waals surface area contributed by atoms with Crippen molar-refractivity contribution in [3.63, 3.8) is 0 Å². The summed E-state index contributed by atoms with van der Waals surface area (Å²) in [6, 6.07) is 11.7. The molecule has 3 heterocycles. The van der Waals surface area contributed by atoms with Crippen molar-refractivity contribution in [2.75, 3.05) is 0 Å². The van der Waals surface area contributed by atoms with Crippen molar-refractivity contribution >= 4 is 12.4 Å². The highest BCUT2D eigenvalue weighted by Gasteiger charge is 2.19. The van der Waals surface area contributed by atoms with E-state index in [0.29, 0.717) is 28.6 Å². The van der Waals surface area contributed by atoms with Crippen LogP contribution in [-0.2, 0) is 16.0 Å². The Bertz CT molecular complexity index is 1220. The number of carbonyl (C=O) groups is 2. The summed E-state index contributed by atoms with van der Waals surface area (Å²) in [6.45, 7) is 1.68. The summed E-state index contributed by atoms with van der Waals surface area (Å²) in [6.07, 6.45) is 1.54. The second kappa shape index (κ2) is 9.39. The molecule has 4 N–H and O–H groups in total. The van der Waals surface area contributed by atoms with Gasteiger partial charge in [-0.2, -0.15) is 9.78 Å². The summed E-state index contributed by atoms with van der Waals surface area (Å²) in [5.74, 6) is 0.256. The Labute approximate surface area is 175 Å². The van der Waals surface area contributed by atoms with Crippen LogP contribution in [0.4, 0.5) is 4.39 Å². The highest BCUT2D eigenvalue weighted by atomic mass is 19.1. The molecule has 0 aliphatic rings. The second-order valence-electron chi connectivity index (χ2n) is 6.35. The predicted octanol–water partition coefficient (Wildman–Crippen LogP) is 1.90. The molecule has 158 valence electrons. The molecular formula is C20H18FN7O3. The molecular weight excluding hydrogens is 405 g/mol. The van der Waals surface area contributed by atoms with E-state index in [9.17, 15) is 9.18 Å². The van der Waals surface area contributed by atoms with Gasteiger partial charge in [0.05, 0.1) is 12.1 Å². The molecule has 0 bridgehead atoms. The standard InChI is InChI=1S/C19H16FN7O.CH2O2/c1-11-6-7-22-18(8-11)27-19(23-17(26-27)10-16(21)28)15-9-14(24-25-15)12-4-2-3-5-13(12)20;2-1-3/h2-9H,10H2,1H3,(H2,21,28)(H,24,25);1H,(H,2,3). The fraction of sp³-hybridized carbons (Fsp3) is 0.100. The maximum atomic E-state index is 14.1. The molecule has 0 fully saturated rings. The molecule has 1 aromatic carbocycles. The summed E-state index contributed by atoms with van der Waals surface area (Å²) in [4.78, 5) is 28.4. The normalized spacial score (nSPS) is 10.3. The monoisotopic (exact) mass is 423 g/mol. The molecule has 0 spiro atoms. The van der Waals surface area contributed by atoms with Crippen LogP contribution in [0.25, 0.3) is 28.6 Å². The number of aromatic nitrogens is 6. The van der Waals surface area contributed by atoms with Crippen LogP contribution in [0, 0.1) is 12.7 Å². The summed E-state index contributed by atoms with van der Waals surface area (Å²) < 4.78 is 15.6. The highest BCUT2D eigenvalue weighted by molar-refractivity contribution is 5.76. The summed E-state index contributed by atoms with van der Waals surface area (Å²) in [5.41, 5.74) is 7.56. The van der Waals surface area contributed by atoms with Gasteiger partial charge in [-0.25, -0.2) is 14.4 Å². The third-order valence-electron chi connectivity index (χ3n) is 4.07. The number of halogens is 1. The average molecular weight is 423 g/mol. The van der Waals surface area contributed by atoms with Crippen LogP contribution in [0.2, 0.25) is 0 Å². The Balaban J connectivity index is 0.000000858. The van der Waals surface area contributed by atoms with Crippen molar-refractivity contribution in [2.45, 2.75) is 13.3 Å². The van der Waals surface area contributed by atoms with Gasteiger partial charge in [0.2, 0.25) is 5.91 Å². The molecule has 0 atom stereocenters. The van der Waals surface area contributed by atoms with Crippen LogP contribution < -0.4 is 5.73 Å². The highest BCUT2D eigenvalue weighted by Crippen LogP contribution is 2.26. The quantitative estimate of drug-likeness (QED) is 0.414. The van der Waals surface area contributed by atoms with Crippen LogP contribution in [0.3, 0.4) is 0 Å². The number of primary amides is 1. The number of benzene rings is 1. The summed E-state index contributed by atoms with van der Waals surface area (Å²) >= 11 is 0. The van der Waals surface area contributed by atoms with Gasteiger partial charge >= 0.3 is 0 Å². The minimum Gasteiger partial charge on any atom is -0.483 e. The van der Waals surface area contributed by atoms with Gasteiger partial charge in [0.15, 0.2) is 17.5 Å². The number of nitrogens with zero attached hydrogens (tertiary/aromatic N) is 5. The zero-order chi connectivity index (χ0) is 22.4. The van der Waals surface area contributed by atoms with E-state index in [2.05, 4.69) is 25.3 Å². The Morgan fingerprint density at radius 2 is 2.03 bits per heavy atom. The molecule has 0 unspecified atom stereocenters. The van der Waals surface area contributed by atoms with Crippen molar-refractivity contribution in [1.82, 2.24) is 29.9 Å². The molecule has 0 saturated carbocycles. The number of hydrogen-bond donors (Lipinski definition) is 3. The lowest BCUT2D eigenvalue weighted by Gasteiger charge is -2.04. The average Bonchev–Trinajstić information content (AvgIpc) is 3.36. The maximum absolute atomic E-state index is 14.1. The summed E-state index contributed by atoms with van der Waals surface area (Å²) in [5, 5.41) is 18.3. The first-order chi connectivity index (χ1) is 14.9. The van der Waals surface area contributed by atoms with Gasteiger partial charge in [0.25, 0.3) is 6.47 Å². The Morgan fingerprint density at radius 1 is 1.29 bits per heavy atom. The van der Waals surface area contributed by atoms with Crippen LogP contribution in [0.1, 0.15) is 11.4 Å². The first-order valence-corrected chi connectivity index (χ1v) is 8.98. The fourth-order valence-electron chi connectivity index (χ4n) is 2.80. The number of amides is 1. The van der Waals surface area contributed by atoms with E-state index < -0.39 is 5.91 Å². The first kappa shape index (κ1) is 21.3. The zero-order valence-electron chi connectivity index (χ0n) is 16.4. The molecule has 0 aliphatic carbocycles. The molecule has 0 radical (unpaired) electrons.